The van der Waals surface area contributed by atoms with Crippen molar-refractivity contribution >= 4 is 28.1 Å². The van der Waals surface area contributed by atoms with E-state index in [4.69, 9.17) is 4.74 Å². The van der Waals surface area contributed by atoms with Gasteiger partial charge in [-0.05, 0) is 42.3 Å². The maximum atomic E-state index is 13.7. The highest BCUT2D eigenvalue weighted by Crippen LogP contribution is 2.34. The fourth-order valence-corrected chi connectivity index (χ4v) is 6.21. The molecule has 0 saturated heterocycles. The Morgan fingerprint density at radius 3 is 2.50 bits per heavy atom. The number of likely N-dealkylation sites (N-methyl/N-ethyl adjacent to an activating group) is 1. The van der Waals surface area contributed by atoms with Gasteiger partial charge in [0, 0.05) is 43.5 Å². The fraction of sp³-hybridized carbons (Fsp3) is 0.310. The monoisotopic (exact) mass is 535 g/mol. The third-order valence-electron chi connectivity index (χ3n) is 6.69. The number of hydrogen-bond acceptors (Lipinski definition) is 6. The first-order valence-electron chi connectivity index (χ1n) is 12.5. The second-order valence-electron chi connectivity index (χ2n) is 9.61. The zero-order chi connectivity index (χ0) is 27.3. The Hall–Kier alpha value is -3.53. The lowest BCUT2D eigenvalue weighted by atomic mass is 10.0. The summed E-state index contributed by atoms with van der Waals surface area (Å²) in [6.45, 7) is 3.64. The molecule has 38 heavy (non-hydrogen) atoms. The van der Waals surface area contributed by atoms with Crippen LogP contribution >= 0.6 is 0 Å². The van der Waals surface area contributed by atoms with Crippen molar-refractivity contribution < 1.29 is 23.1 Å². The maximum absolute atomic E-state index is 13.7. The Kier molecular flexibility index (Phi) is 8.61. The first kappa shape index (κ1) is 27.5. The molecule has 1 N–H and O–H groups in total. The summed E-state index contributed by atoms with van der Waals surface area (Å²) < 4.78 is 35.1. The van der Waals surface area contributed by atoms with Crippen molar-refractivity contribution in [1.29, 1.82) is 0 Å². The Morgan fingerprint density at radius 1 is 1.13 bits per heavy atom. The zero-order valence-corrected chi connectivity index (χ0v) is 22.6. The second-order valence-corrected chi connectivity index (χ2v) is 11.5. The van der Waals surface area contributed by atoms with E-state index in [1.54, 1.807) is 61.6 Å². The van der Waals surface area contributed by atoms with Crippen molar-refractivity contribution in [2.24, 2.45) is 5.92 Å². The molecule has 200 valence electrons. The molecule has 1 amide bonds. The molecule has 1 aliphatic heterocycles. The van der Waals surface area contributed by atoms with Gasteiger partial charge in [-0.2, -0.15) is 4.31 Å². The van der Waals surface area contributed by atoms with Crippen molar-refractivity contribution in [2.45, 2.75) is 30.9 Å². The number of aliphatic hydroxyl groups is 1. The van der Waals surface area contributed by atoms with E-state index >= 15 is 0 Å². The molecular formula is C29H33N3O5S. The minimum Gasteiger partial charge on any atom is -0.487 e. The van der Waals surface area contributed by atoms with Crippen LogP contribution in [0.2, 0.25) is 0 Å². The average Bonchev–Trinajstić information content (AvgIpc) is 2.93. The molecule has 0 bridgehead atoms. The van der Waals surface area contributed by atoms with Gasteiger partial charge in [-0.1, -0.05) is 55.5 Å². The summed E-state index contributed by atoms with van der Waals surface area (Å²) in [5, 5.41) is 9.84. The number of carbonyl (C=O) groups excluding carboxylic acids is 1. The Balaban J connectivity index is 1.70. The fourth-order valence-electron chi connectivity index (χ4n) is 4.39. The summed E-state index contributed by atoms with van der Waals surface area (Å²) in [6, 6.07) is 17.5. The third-order valence-corrected chi connectivity index (χ3v) is 8.71. The van der Waals surface area contributed by atoms with E-state index in [-0.39, 0.29) is 42.2 Å². The second kappa shape index (κ2) is 11.9. The lowest BCUT2D eigenvalue weighted by Crippen LogP contribution is -2.50. The van der Waals surface area contributed by atoms with Crippen LogP contribution in [0, 0.1) is 5.92 Å². The van der Waals surface area contributed by atoms with Crippen molar-refractivity contribution in [1.82, 2.24) is 14.2 Å². The molecule has 2 heterocycles. The van der Waals surface area contributed by atoms with Crippen LogP contribution in [-0.4, -0.2) is 72.5 Å². The van der Waals surface area contributed by atoms with Gasteiger partial charge in [0.05, 0.1) is 13.2 Å². The number of rotatable bonds is 7. The quantitative estimate of drug-likeness (QED) is 0.462. The highest BCUT2D eigenvalue weighted by Gasteiger charge is 2.38. The summed E-state index contributed by atoms with van der Waals surface area (Å²) in [5.41, 5.74) is 2.30. The average molecular weight is 536 g/mol. The Labute approximate surface area is 224 Å². The van der Waals surface area contributed by atoms with Crippen LogP contribution in [0.15, 0.2) is 78.0 Å². The van der Waals surface area contributed by atoms with E-state index in [0.717, 1.165) is 11.1 Å². The Bertz CT molecular complexity index is 1380. The normalized spacial score (nSPS) is 20.1. The van der Waals surface area contributed by atoms with Crippen LogP contribution in [-0.2, 0) is 10.0 Å². The largest absolute Gasteiger partial charge is 0.487 e. The SMILES string of the molecule is C[C@H](CO)N1C[C@H](C)[C@@H](CN(C)C(=O)c2ccncc2)Oc2cc(/C=C/c3ccccc3)ccc2S1(=O)=O. The molecule has 0 unspecified atom stereocenters. The van der Waals surface area contributed by atoms with E-state index < -0.39 is 22.2 Å². The van der Waals surface area contributed by atoms with Gasteiger partial charge in [0.15, 0.2) is 0 Å². The van der Waals surface area contributed by atoms with Crippen molar-refractivity contribution in [3.8, 4) is 5.75 Å². The number of sulfonamides is 1. The molecule has 8 nitrogen and oxygen atoms in total. The van der Waals surface area contributed by atoms with Gasteiger partial charge in [-0.25, -0.2) is 8.42 Å². The molecule has 9 heteroatoms. The summed E-state index contributed by atoms with van der Waals surface area (Å²) in [5.74, 6) is -0.238. The zero-order valence-electron chi connectivity index (χ0n) is 21.8. The molecule has 0 spiro atoms. The first-order valence-corrected chi connectivity index (χ1v) is 14.0. The maximum Gasteiger partial charge on any atom is 0.253 e. The van der Waals surface area contributed by atoms with Gasteiger partial charge in [0.2, 0.25) is 10.0 Å². The van der Waals surface area contributed by atoms with E-state index in [2.05, 4.69) is 4.98 Å². The van der Waals surface area contributed by atoms with Crippen molar-refractivity contribution in [2.75, 3.05) is 26.7 Å². The number of pyridine rings is 1. The molecule has 3 aromatic rings. The Morgan fingerprint density at radius 2 is 1.82 bits per heavy atom. The summed E-state index contributed by atoms with van der Waals surface area (Å²) in [6.07, 6.45) is 6.48. The van der Waals surface area contributed by atoms with Crippen LogP contribution in [0.3, 0.4) is 0 Å². The molecule has 2 aromatic carbocycles. The number of ether oxygens (including phenoxy) is 1. The number of benzene rings is 2. The van der Waals surface area contributed by atoms with Crippen LogP contribution in [0.5, 0.6) is 5.75 Å². The van der Waals surface area contributed by atoms with Gasteiger partial charge >= 0.3 is 0 Å². The molecule has 1 aromatic heterocycles. The molecule has 4 rings (SSSR count). The molecular weight excluding hydrogens is 502 g/mol. The highest BCUT2D eigenvalue weighted by atomic mass is 32.2. The van der Waals surface area contributed by atoms with Gasteiger partial charge in [-0.15, -0.1) is 0 Å². The van der Waals surface area contributed by atoms with Gasteiger partial charge < -0.3 is 14.7 Å². The van der Waals surface area contributed by atoms with Crippen LogP contribution in [0.1, 0.15) is 35.3 Å². The van der Waals surface area contributed by atoms with E-state index in [1.165, 1.54) is 4.31 Å². The molecule has 0 radical (unpaired) electrons. The minimum absolute atomic E-state index is 0.0367. The molecule has 3 atom stereocenters. The van der Waals surface area contributed by atoms with Gasteiger partial charge in [0.25, 0.3) is 5.91 Å². The number of aromatic nitrogens is 1. The number of fused-ring (bicyclic) bond motifs is 1. The predicted molar refractivity (Wildman–Crippen MR) is 147 cm³/mol. The van der Waals surface area contributed by atoms with E-state index in [1.807, 2.05) is 49.4 Å². The number of aliphatic hydroxyl groups excluding tert-OH is 1. The third kappa shape index (κ3) is 6.12. The van der Waals surface area contributed by atoms with Gasteiger partial charge in [-0.3, -0.25) is 9.78 Å². The van der Waals surface area contributed by atoms with E-state index in [0.29, 0.717) is 5.56 Å². The van der Waals surface area contributed by atoms with Crippen molar-refractivity contribution in [3.63, 3.8) is 0 Å². The standard InChI is InChI=1S/C29H33N3O5S/c1-21-18-32(22(2)20-33)38(35,36)28-12-11-24(10-9-23-7-5-4-6-8-23)17-26(28)37-27(21)19-31(3)29(34)25-13-15-30-16-14-25/h4-17,21-22,27,33H,18-20H2,1-3H3/b10-9+/t21-,22+,27+/m0/s1. The summed E-state index contributed by atoms with van der Waals surface area (Å²) in [7, 11) is -2.25. The molecule has 0 saturated carbocycles. The lowest BCUT2D eigenvalue weighted by Gasteiger charge is -2.37. The summed E-state index contributed by atoms with van der Waals surface area (Å²) in [4.78, 5) is 18.6. The smallest absolute Gasteiger partial charge is 0.253 e. The lowest BCUT2D eigenvalue weighted by molar-refractivity contribution is 0.0563. The molecule has 0 fully saturated rings. The number of nitrogens with zero attached hydrogens (tertiary/aromatic N) is 3. The molecule has 0 aliphatic carbocycles. The predicted octanol–water partition coefficient (Wildman–Crippen LogP) is 3.79. The van der Waals surface area contributed by atoms with Crippen molar-refractivity contribution in [3.05, 3.63) is 89.7 Å². The highest BCUT2D eigenvalue weighted by molar-refractivity contribution is 7.89. The minimum atomic E-state index is -3.95. The molecule has 1 aliphatic rings. The van der Waals surface area contributed by atoms with Crippen LogP contribution in [0.4, 0.5) is 0 Å². The number of hydrogen-bond donors (Lipinski definition) is 1. The first-order chi connectivity index (χ1) is 18.2. The summed E-state index contributed by atoms with van der Waals surface area (Å²) >= 11 is 0. The van der Waals surface area contributed by atoms with Gasteiger partial charge in [0.1, 0.15) is 16.7 Å². The number of amides is 1. The van der Waals surface area contributed by atoms with E-state index in [9.17, 15) is 18.3 Å². The van der Waals surface area contributed by atoms with Crippen LogP contribution in [0.25, 0.3) is 12.2 Å². The number of carbonyl (C=O) groups is 1. The topological polar surface area (TPSA) is 100 Å². The van der Waals surface area contributed by atoms with Crippen LogP contribution < -0.4 is 4.74 Å².